The molecule has 0 fully saturated rings. The van der Waals surface area contributed by atoms with Crippen molar-refractivity contribution in [2.24, 2.45) is 0 Å². The van der Waals surface area contributed by atoms with E-state index in [4.69, 9.17) is 5.10 Å². The average Bonchev–Trinajstić information content (AvgIpc) is 3.05. The van der Waals surface area contributed by atoms with E-state index in [2.05, 4.69) is 87.5 Å². The topological polar surface area (TPSA) is 21.1 Å². The van der Waals surface area contributed by atoms with Gasteiger partial charge in [-0.25, -0.2) is 4.68 Å². The predicted molar refractivity (Wildman–Crippen MR) is 123 cm³/mol. The van der Waals surface area contributed by atoms with Gasteiger partial charge in [0.2, 0.25) is 0 Å². The molecule has 0 saturated heterocycles. The van der Waals surface area contributed by atoms with Crippen LogP contribution in [-0.4, -0.2) is 16.3 Å². The van der Waals surface area contributed by atoms with Gasteiger partial charge < -0.3 is 4.90 Å². The van der Waals surface area contributed by atoms with Crippen molar-refractivity contribution < 1.29 is 0 Å². The second-order valence-corrected chi connectivity index (χ2v) is 8.41. The van der Waals surface area contributed by atoms with Crippen LogP contribution in [0.15, 0.2) is 36.4 Å². The third-order valence-electron chi connectivity index (χ3n) is 6.45. The van der Waals surface area contributed by atoms with Gasteiger partial charge in [-0.3, -0.25) is 0 Å². The van der Waals surface area contributed by atoms with E-state index in [1.807, 2.05) is 0 Å². The van der Waals surface area contributed by atoms with Crippen molar-refractivity contribution in [3.05, 3.63) is 69.8 Å². The summed E-state index contributed by atoms with van der Waals surface area (Å²) in [6.07, 6.45) is 2.08. The summed E-state index contributed by atoms with van der Waals surface area (Å²) in [7, 11) is 0. The lowest BCUT2D eigenvalue weighted by atomic mass is 9.92. The highest BCUT2D eigenvalue weighted by Gasteiger charge is 2.30. The van der Waals surface area contributed by atoms with Crippen LogP contribution < -0.4 is 4.90 Å². The van der Waals surface area contributed by atoms with Crippen LogP contribution in [0.2, 0.25) is 0 Å². The second-order valence-electron chi connectivity index (χ2n) is 8.41. The van der Waals surface area contributed by atoms with Crippen molar-refractivity contribution in [2.45, 2.75) is 67.0 Å². The molecule has 2 aromatic carbocycles. The molecule has 1 atom stereocenters. The minimum Gasteiger partial charge on any atom is -0.349 e. The Morgan fingerprint density at radius 1 is 1.03 bits per heavy atom. The molecule has 3 heteroatoms. The summed E-state index contributed by atoms with van der Waals surface area (Å²) in [5.41, 5.74) is 10.8. The van der Waals surface area contributed by atoms with E-state index in [9.17, 15) is 0 Å². The molecule has 0 bridgehead atoms. The number of rotatable bonds is 4. The first-order chi connectivity index (χ1) is 14.0. The number of nitrogens with zero attached hydrogens (tertiary/aromatic N) is 3. The number of aryl methyl sites for hydroxylation is 4. The fourth-order valence-corrected chi connectivity index (χ4v) is 5.17. The van der Waals surface area contributed by atoms with Gasteiger partial charge in [0, 0.05) is 24.2 Å². The Bertz CT molecular complexity index is 1020. The van der Waals surface area contributed by atoms with Gasteiger partial charge in [-0.05, 0) is 69.7 Å². The molecule has 29 heavy (non-hydrogen) atoms. The van der Waals surface area contributed by atoms with E-state index in [0.717, 1.165) is 25.9 Å². The number of hydrogen-bond donors (Lipinski definition) is 0. The SMILES string of the molecule is CCc1c(-c2c(C)cc(C)cc2C)nn(CC)c1N1CCc2ccccc2C1C. The van der Waals surface area contributed by atoms with Crippen LogP contribution in [-0.2, 0) is 19.4 Å². The van der Waals surface area contributed by atoms with Crippen LogP contribution in [0.3, 0.4) is 0 Å². The van der Waals surface area contributed by atoms with Gasteiger partial charge in [0.1, 0.15) is 5.82 Å². The Hall–Kier alpha value is -2.55. The third-order valence-corrected chi connectivity index (χ3v) is 6.45. The molecule has 0 saturated carbocycles. The summed E-state index contributed by atoms with van der Waals surface area (Å²) in [5, 5.41) is 5.16. The van der Waals surface area contributed by atoms with Gasteiger partial charge >= 0.3 is 0 Å². The maximum absolute atomic E-state index is 5.16. The molecule has 0 spiro atoms. The second kappa shape index (κ2) is 7.70. The van der Waals surface area contributed by atoms with Gasteiger partial charge in [0.05, 0.1) is 11.7 Å². The monoisotopic (exact) mass is 387 g/mol. The molecule has 152 valence electrons. The van der Waals surface area contributed by atoms with Gasteiger partial charge in [-0.2, -0.15) is 5.10 Å². The van der Waals surface area contributed by atoms with E-state index < -0.39 is 0 Å². The lowest BCUT2D eigenvalue weighted by Gasteiger charge is -2.37. The highest BCUT2D eigenvalue weighted by atomic mass is 15.4. The molecule has 1 unspecified atom stereocenters. The number of anilines is 1. The Morgan fingerprint density at radius 3 is 2.38 bits per heavy atom. The van der Waals surface area contributed by atoms with Gasteiger partial charge in [0.25, 0.3) is 0 Å². The van der Waals surface area contributed by atoms with Gasteiger partial charge in [0.15, 0.2) is 0 Å². The van der Waals surface area contributed by atoms with Crippen molar-refractivity contribution in [1.29, 1.82) is 0 Å². The molecule has 0 radical (unpaired) electrons. The fraction of sp³-hybridized carbons (Fsp3) is 0.423. The number of aromatic nitrogens is 2. The van der Waals surface area contributed by atoms with Crippen molar-refractivity contribution in [1.82, 2.24) is 9.78 Å². The maximum atomic E-state index is 5.16. The van der Waals surface area contributed by atoms with Crippen LogP contribution in [0.5, 0.6) is 0 Å². The first-order valence-corrected chi connectivity index (χ1v) is 11.0. The van der Waals surface area contributed by atoms with Crippen molar-refractivity contribution in [3.8, 4) is 11.3 Å². The highest BCUT2D eigenvalue weighted by molar-refractivity contribution is 5.76. The summed E-state index contributed by atoms with van der Waals surface area (Å²) in [4.78, 5) is 2.58. The summed E-state index contributed by atoms with van der Waals surface area (Å²) in [6, 6.07) is 13.8. The fourth-order valence-electron chi connectivity index (χ4n) is 5.17. The largest absolute Gasteiger partial charge is 0.349 e. The van der Waals surface area contributed by atoms with Crippen molar-refractivity contribution in [2.75, 3.05) is 11.4 Å². The molecule has 4 rings (SSSR count). The molecular weight excluding hydrogens is 354 g/mol. The Labute approximate surface area is 175 Å². The Morgan fingerprint density at radius 2 is 1.72 bits per heavy atom. The lowest BCUT2D eigenvalue weighted by molar-refractivity contribution is 0.571. The lowest BCUT2D eigenvalue weighted by Crippen LogP contribution is -2.36. The van der Waals surface area contributed by atoms with Crippen LogP contribution in [0, 0.1) is 20.8 Å². The van der Waals surface area contributed by atoms with E-state index in [0.29, 0.717) is 6.04 Å². The Kier molecular flexibility index (Phi) is 5.24. The first kappa shape index (κ1) is 19.8. The van der Waals surface area contributed by atoms with Crippen LogP contribution in [0.4, 0.5) is 5.82 Å². The zero-order chi connectivity index (χ0) is 20.7. The highest BCUT2D eigenvalue weighted by Crippen LogP contribution is 2.40. The number of benzene rings is 2. The van der Waals surface area contributed by atoms with E-state index in [-0.39, 0.29) is 0 Å². The summed E-state index contributed by atoms with van der Waals surface area (Å²) < 4.78 is 2.23. The predicted octanol–water partition coefficient (Wildman–Crippen LogP) is 6.18. The standard InChI is InChI=1S/C26H33N3/c1-7-22-25(24-18(4)15-17(3)16-19(24)5)27-29(8-2)26(22)28-14-13-21-11-9-10-12-23(21)20(28)6/h9-12,15-16,20H,7-8,13-14H2,1-6H3. The van der Waals surface area contributed by atoms with E-state index in [1.54, 1.807) is 0 Å². The molecular formula is C26H33N3. The zero-order valence-corrected chi connectivity index (χ0v) is 18.7. The molecule has 1 aliphatic heterocycles. The first-order valence-electron chi connectivity index (χ1n) is 11.0. The minimum absolute atomic E-state index is 0.361. The molecule has 1 aliphatic rings. The van der Waals surface area contributed by atoms with Crippen molar-refractivity contribution >= 4 is 5.82 Å². The summed E-state index contributed by atoms with van der Waals surface area (Å²) >= 11 is 0. The molecule has 0 amide bonds. The van der Waals surface area contributed by atoms with E-state index in [1.165, 1.54) is 50.5 Å². The molecule has 3 aromatic rings. The van der Waals surface area contributed by atoms with Crippen LogP contribution in [0.25, 0.3) is 11.3 Å². The van der Waals surface area contributed by atoms with Gasteiger partial charge in [-0.1, -0.05) is 48.9 Å². The number of fused-ring (bicyclic) bond motifs is 1. The smallest absolute Gasteiger partial charge is 0.131 e. The molecule has 3 nitrogen and oxygen atoms in total. The summed E-state index contributed by atoms with van der Waals surface area (Å²) in [5.74, 6) is 1.31. The molecule has 0 N–H and O–H groups in total. The normalized spacial score (nSPS) is 16.2. The molecule has 2 heterocycles. The molecule has 0 aliphatic carbocycles. The minimum atomic E-state index is 0.361. The average molecular weight is 388 g/mol. The zero-order valence-electron chi connectivity index (χ0n) is 18.7. The van der Waals surface area contributed by atoms with Crippen molar-refractivity contribution in [3.63, 3.8) is 0 Å². The van der Waals surface area contributed by atoms with Crippen LogP contribution in [0.1, 0.15) is 60.2 Å². The summed E-state index contributed by atoms with van der Waals surface area (Å²) in [6.45, 7) is 15.4. The molecule has 1 aromatic heterocycles. The number of hydrogen-bond acceptors (Lipinski definition) is 2. The Balaban J connectivity index is 1.88. The van der Waals surface area contributed by atoms with Crippen LogP contribution >= 0.6 is 0 Å². The third kappa shape index (κ3) is 3.27. The van der Waals surface area contributed by atoms with E-state index >= 15 is 0 Å². The quantitative estimate of drug-likeness (QED) is 0.533. The maximum Gasteiger partial charge on any atom is 0.131 e. The van der Waals surface area contributed by atoms with Gasteiger partial charge in [-0.15, -0.1) is 0 Å².